The van der Waals surface area contributed by atoms with Gasteiger partial charge in [0.2, 0.25) is 0 Å². The SMILES string of the molecule is CCC(CC)CN(CC)Cc1ccc(O)c(Cl)c1. The number of nitrogens with zero attached hydrogens (tertiary/aromatic N) is 1. The third-order valence-corrected chi connectivity index (χ3v) is 3.84. The first-order chi connectivity index (χ1) is 8.60. The van der Waals surface area contributed by atoms with Crippen LogP contribution in [0.15, 0.2) is 18.2 Å². The van der Waals surface area contributed by atoms with Crippen LogP contribution in [0.4, 0.5) is 0 Å². The Balaban J connectivity index is 2.64. The third-order valence-electron chi connectivity index (χ3n) is 3.54. The number of hydrogen-bond donors (Lipinski definition) is 1. The Kier molecular flexibility index (Phi) is 6.51. The lowest BCUT2D eigenvalue weighted by atomic mass is 10.0. The zero-order valence-electron chi connectivity index (χ0n) is 11.6. The van der Waals surface area contributed by atoms with Gasteiger partial charge in [0.1, 0.15) is 5.75 Å². The standard InChI is InChI=1S/C15H24ClNO/c1-4-12(5-2)10-17(6-3)11-13-7-8-15(18)14(16)9-13/h7-9,12,18H,4-6,10-11H2,1-3H3. The molecule has 0 aliphatic carbocycles. The first kappa shape index (κ1) is 15.3. The van der Waals surface area contributed by atoms with E-state index < -0.39 is 0 Å². The van der Waals surface area contributed by atoms with Crippen molar-refractivity contribution in [2.24, 2.45) is 5.92 Å². The summed E-state index contributed by atoms with van der Waals surface area (Å²) in [5.41, 5.74) is 1.16. The number of benzene rings is 1. The minimum atomic E-state index is 0.156. The van der Waals surface area contributed by atoms with Crippen LogP contribution in [0.25, 0.3) is 0 Å². The number of phenols is 1. The Hall–Kier alpha value is -0.730. The van der Waals surface area contributed by atoms with Gasteiger partial charge in [0, 0.05) is 13.1 Å². The van der Waals surface area contributed by atoms with Crippen LogP contribution >= 0.6 is 11.6 Å². The van der Waals surface area contributed by atoms with Crippen molar-refractivity contribution < 1.29 is 5.11 Å². The Labute approximate surface area is 116 Å². The number of aromatic hydroxyl groups is 1. The van der Waals surface area contributed by atoms with Crippen molar-refractivity contribution in [1.29, 1.82) is 0 Å². The summed E-state index contributed by atoms with van der Waals surface area (Å²) >= 11 is 5.93. The number of halogens is 1. The fraction of sp³-hybridized carbons (Fsp3) is 0.600. The highest BCUT2D eigenvalue weighted by atomic mass is 35.5. The van der Waals surface area contributed by atoms with Gasteiger partial charge in [-0.1, -0.05) is 51.3 Å². The van der Waals surface area contributed by atoms with E-state index in [2.05, 4.69) is 25.7 Å². The molecule has 1 aromatic rings. The summed E-state index contributed by atoms with van der Waals surface area (Å²) in [4.78, 5) is 2.43. The molecule has 1 rings (SSSR count). The molecule has 0 aliphatic heterocycles. The maximum absolute atomic E-state index is 9.41. The van der Waals surface area contributed by atoms with Gasteiger partial charge < -0.3 is 5.11 Å². The van der Waals surface area contributed by atoms with E-state index >= 15 is 0 Å². The van der Waals surface area contributed by atoms with Crippen LogP contribution in [0.1, 0.15) is 39.2 Å². The zero-order chi connectivity index (χ0) is 13.5. The third kappa shape index (κ3) is 4.51. The molecule has 0 heterocycles. The van der Waals surface area contributed by atoms with Crippen molar-refractivity contribution in [3.8, 4) is 5.75 Å². The molecule has 0 bridgehead atoms. The summed E-state index contributed by atoms with van der Waals surface area (Å²) < 4.78 is 0. The molecular weight excluding hydrogens is 246 g/mol. The lowest BCUT2D eigenvalue weighted by Crippen LogP contribution is -2.28. The van der Waals surface area contributed by atoms with Crippen molar-refractivity contribution in [2.45, 2.75) is 40.2 Å². The van der Waals surface area contributed by atoms with Crippen molar-refractivity contribution >= 4 is 11.6 Å². The summed E-state index contributed by atoms with van der Waals surface area (Å²) in [5.74, 6) is 0.918. The van der Waals surface area contributed by atoms with Crippen LogP contribution in [0.5, 0.6) is 5.75 Å². The predicted molar refractivity (Wildman–Crippen MR) is 78.1 cm³/mol. The lowest BCUT2D eigenvalue weighted by molar-refractivity contribution is 0.226. The molecule has 0 amide bonds. The molecular formula is C15H24ClNO. The monoisotopic (exact) mass is 269 g/mol. The van der Waals surface area contributed by atoms with E-state index in [4.69, 9.17) is 11.6 Å². The summed E-state index contributed by atoms with van der Waals surface area (Å²) in [6.07, 6.45) is 2.45. The highest BCUT2D eigenvalue weighted by Crippen LogP contribution is 2.24. The van der Waals surface area contributed by atoms with Crippen molar-refractivity contribution in [3.63, 3.8) is 0 Å². The molecule has 3 heteroatoms. The minimum absolute atomic E-state index is 0.156. The van der Waals surface area contributed by atoms with E-state index in [1.807, 2.05) is 12.1 Å². The Morgan fingerprint density at radius 3 is 2.39 bits per heavy atom. The summed E-state index contributed by atoms with van der Waals surface area (Å²) in [6.45, 7) is 9.74. The second-order valence-electron chi connectivity index (χ2n) is 4.80. The second-order valence-corrected chi connectivity index (χ2v) is 5.20. The van der Waals surface area contributed by atoms with E-state index in [-0.39, 0.29) is 5.75 Å². The van der Waals surface area contributed by atoms with Gasteiger partial charge in [0.25, 0.3) is 0 Å². The first-order valence-electron chi connectivity index (χ1n) is 6.80. The fourth-order valence-electron chi connectivity index (χ4n) is 2.12. The lowest BCUT2D eigenvalue weighted by Gasteiger charge is -2.25. The fourth-order valence-corrected chi connectivity index (χ4v) is 2.33. The van der Waals surface area contributed by atoms with Crippen LogP contribution in [0.3, 0.4) is 0 Å². The maximum Gasteiger partial charge on any atom is 0.134 e. The minimum Gasteiger partial charge on any atom is -0.506 e. The molecule has 0 atom stereocenters. The van der Waals surface area contributed by atoms with Crippen molar-refractivity contribution in [2.75, 3.05) is 13.1 Å². The highest BCUT2D eigenvalue weighted by molar-refractivity contribution is 6.32. The van der Waals surface area contributed by atoms with Gasteiger partial charge in [0.05, 0.1) is 5.02 Å². The van der Waals surface area contributed by atoms with Crippen LogP contribution < -0.4 is 0 Å². The van der Waals surface area contributed by atoms with E-state index in [0.29, 0.717) is 5.02 Å². The largest absolute Gasteiger partial charge is 0.506 e. The van der Waals surface area contributed by atoms with Gasteiger partial charge in [-0.25, -0.2) is 0 Å². The van der Waals surface area contributed by atoms with Gasteiger partial charge in [-0.2, -0.15) is 0 Å². The van der Waals surface area contributed by atoms with Gasteiger partial charge in [-0.15, -0.1) is 0 Å². The topological polar surface area (TPSA) is 23.5 Å². The van der Waals surface area contributed by atoms with Gasteiger partial charge in [-0.3, -0.25) is 4.90 Å². The molecule has 2 nitrogen and oxygen atoms in total. The van der Waals surface area contributed by atoms with Crippen molar-refractivity contribution in [1.82, 2.24) is 4.90 Å². The van der Waals surface area contributed by atoms with E-state index in [1.54, 1.807) is 6.07 Å². The van der Waals surface area contributed by atoms with E-state index in [0.717, 1.165) is 31.1 Å². The number of phenolic OH excluding ortho intramolecular Hbond substituents is 1. The Morgan fingerprint density at radius 1 is 1.22 bits per heavy atom. The first-order valence-corrected chi connectivity index (χ1v) is 7.18. The molecule has 18 heavy (non-hydrogen) atoms. The summed E-state index contributed by atoms with van der Waals surface area (Å²) in [6, 6.07) is 5.46. The molecule has 0 radical (unpaired) electrons. The smallest absolute Gasteiger partial charge is 0.134 e. The molecule has 0 unspecified atom stereocenters. The molecule has 0 saturated heterocycles. The van der Waals surface area contributed by atoms with Gasteiger partial charge >= 0.3 is 0 Å². The average molecular weight is 270 g/mol. The predicted octanol–water partition coefficient (Wildman–Crippen LogP) is 4.30. The zero-order valence-corrected chi connectivity index (χ0v) is 12.4. The molecule has 1 aromatic carbocycles. The van der Waals surface area contributed by atoms with E-state index in [9.17, 15) is 5.11 Å². The second kappa shape index (κ2) is 7.65. The van der Waals surface area contributed by atoms with E-state index in [1.165, 1.54) is 12.8 Å². The van der Waals surface area contributed by atoms with Gasteiger partial charge in [0.15, 0.2) is 0 Å². The number of hydrogen-bond acceptors (Lipinski definition) is 2. The highest BCUT2D eigenvalue weighted by Gasteiger charge is 2.11. The molecule has 0 aromatic heterocycles. The Bertz CT molecular complexity index is 364. The molecule has 0 fully saturated rings. The summed E-state index contributed by atoms with van der Waals surface area (Å²) in [7, 11) is 0. The summed E-state index contributed by atoms with van der Waals surface area (Å²) in [5, 5.41) is 9.85. The maximum atomic E-state index is 9.41. The molecule has 0 aliphatic rings. The van der Waals surface area contributed by atoms with Crippen molar-refractivity contribution in [3.05, 3.63) is 28.8 Å². The molecule has 0 saturated carbocycles. The Morgan fingerprint density at radius 2 is 1.89 bits per heavy atom. The molecule has 0 spiro atoms. The normalized spacial score (nSPS) is 11.4. The van der Waals surface area contributed by atoms with Crippen LogP contribution in [-0.2, 0) is 6.54 Å². The molecule has 102 valence electrons. The molecule has 1 N–H and O–H groups in total. The van der Waals surface area contributed by atoms with Gasteiger partial charge in [-0.05, 0) is 30.2 Å². The number of rotatable bonds is 7. The van der Waals surface area contributed by atoms with Crippen LogP contribution in [0.2, 0.25) is 5.02 Å². The van der Waals surface area contributed by atoms with Crippen LogP contribution in [-0.4, -0.2) is 23.1 Å². The van der Waals surface area contributed by atoms with Crippen LogP contribution in [0, 0.1) is 5.92 Å². The quantitative estimate of drug-likeness (QED) is 0.798. The average Bonchev–Trinajstić information content (AvgIpc) is 2.38.